The third-order valence-electron chi connectivity index (χ3n) is 3.86. The van der Waals surface area contributed by atoms with E-state index in [1.165, 1.54) is 44.3 Å². The molecule has 1 N–H and O–H groups in total. The molecule has 15 heavy (non-hydrogen) atoms. The first kappa shape index (κ1) is 9.40. The van der Waals surface area contributed by atoms with Crippen molar-refractivity contribution in [3.8, 4) is 0 Å². The highest BCUT2D eigenvalue weighted by Crippen LogP contribution is 2.35. The Balaban J connectivity index is 1.53. The van der Waals surface area contributed by atoms with Crippen LogP contribution < -0.4 is 5.32 Å². The smallest absolute Gasteiger partial charge is 0.0524 e. The SMILES string of the molecule is c1nn(CCC2CNC2)cc1C1CCC1. The normalized spacial score (nSPS) is 22.4. The van der Waals surface area contributed by atoms with Gasteiger partial charge in [-0.2, -0.15) is 5.10 Å². The maximum Gasteiger partial charge on any atom is 0.0524 e. The Morgan fingerprint density at radius 1 is 1.40 bits per heavy atom. The third kappa shape index (κ3) is 1.93. The van der Waals surface area contributed by atoms with Crippen molar-refractivity contribution >= 4 is 0 Å². The van der Waals surface area contributed by atoms with Gasteiger partial charge in [-0.3, -0.25) is 4.68 Å². The summed E-state index contributed by atoms with van der Waals surface area (Å²) in [6.45, 7) is 3.51. The Bertz CT molecular complexity index is 323. The Hall–Kier alpha value is -0.830. The highest BCUT2D eigenvalue weighted by atomic mass is 15.3. The van der Waals surface area contributed by atoms with E-state index in [0.717, 1.165) is 18.4 Å². The van der Waals surface area contributed by atoms with E-state index in [0.29, 0.717) is 0 Å². The van der Waals surface area contributed by atoms with Crippen molar-refractivity contribution in [1.82, 2.24) is 15.1 Å². The van der Waals surface area contributed by atoms with Gasteiger partial charge in [0.25, 0.3) is 0 Å². The van der Waals surface area contributed by atoms with Crippen molar-refractivity contribution in [2.45, 2.75) is 38.1 Å². The summed E-state index contributed by atoms with van der Waals surface area (Å²) in [5, 5.41) is 7.76. The van der Waals surface area contributed by atoms with Gasteiger partial charge in [0.1, 0.15) is 0 Å². The lowest BCUT2D eigenvalue weighted by Crippen LogP contribution is -2.42. The lowest BCUT2D eigenvalue weighted by Gasteiger charge is -2.26. The van der Waals surface area contributed by atoms with Crippen LogP contribution >= 0.6 is 0 Å². The first-order chi connectivity index (χ1) is 7.42. The second kappa shape index (κ2) is 3.97. The second-order valence-corrected chi connectivity index (χ2v) is 4.98. The molecule has 2 heterocycles. The zero-order chi connectivity index (χ0) is 10.1. The van der Waals surface area contributed by atoms with Gasteiger partial charge >= 0.3 is 0 Å². The molecule has 1 aromatic heterocycles. The van der Waals surface area contributed by atoms with Crippen molar-refractivity contribution in [1.29, 1.82) is 0 Å². The summed E-state index contributed by atoms with van der Waals surface area (Å²) in [7, 11) is 0. The standard InChI is InChI=1S/C12H19N3/c1-2-11(3-1)12-8-14-15(9-12)5-4-10-6-13-7-10/h8-11,13H,1-7H2. The monoisotopic (exact) mass is 205 g/mol. The fraction of sp³-hybridized carbons (Fsp3) is 0.750. The van der Waals surface area contributed by atoms with Gasteiger partial charge in [0.2, 0.25) is 0 Å². The van der Waals surface area contributed by atoms with Gasteiger partial charge in [0, 0.05) is 12.7 Å². The molecule has 1 aliphatic carbocycles. The zero-order valence-electron chi connectivity index (χ0n) is 9.15. The summed E-state index contributed by atoms with van der Waals surface area (Å²) in [5.74, 6) is 1.71. The minimum absolute atomic E-state index is 0.823. The first-order valence-corrected chi connectivity index (χ1v) is 6.15. The Labute approximate surface area is 90.9 Å². The van der Waals surface area contributed by atoms with E-state index in [1.54, 1.807) is 0 Å². The number of aromatic nitrogens is 2. The molecule has 0 radical (unpaired) electrons. The molecule has 0 aromatic carbocycles. The van der Waals surface area contributed by atoms with Gasteiger partial charge in [-0.05, 0) is 49.8 Å². The minimum Gasteiger partial charge on any atom is -0.316 e. The number of rotatable bonds is 4. The van der Waals surface area contributed by atoms with Crippen LogP contribution in [0.3, 0.4) is 0 Å². The number of hydrogen-bond donors (Lipinski definition) is 1. The maximum atomic E-state index is 4.45. The van der Waals surface area contributed by atoms with Crippen LogP contribution in [0.15, 0.2) is 12.4 Å². The third-order valence-corrected chi connectivity index (χ3v) is 3.86. The molecule has 0 spiro atoms. The molecule has 0 unspecified atom stereocenters. The van der Waals surface area contributed by atoms with Crippen LogP contribution in [0, 0.1) is 5.92 Å². The average molecular weight is 205 g/mol. The van der Waals surface area contributed by atoms with Gasteiger partial charge in [0.15, 0.2) is 0 Å². The van der Waals surface area contributed by atoms with Gasteiger partial charge in [-0.15, -0.1) is 0 Å². The molecule has 0 atom stereocenters. The van der Waals surface area contributed by atoms with Crippen molar-refractivity contribution in [3.05, 3.63) is 18.0 Å². The van der Waals surface area contributed by atoms with E-state index < -0.39 is 0 Å². The number of nitrogens with one attached hydrogen (secondary N) is 1. The van der Waals surface area contributed by atoms with Crippen molar-refractivity contribution in [2.24, 2.45) is 5.92 Å². The van der Waals surface area contributed by atoms with Crippen LogP contribution in [-0.4, -0.2) is 22.9 Å². The van der Waals surface area contributed by atoms with Crippen molar-refractivity contribution in [2.75, 3.05) is 13.1 Å². The highest BCUT2D eigenvalue weighted by Gasteiger charge is 2.21. The topological polar surface area (TPSA) is 29.9 Å². The van der Waals surface area contributed by atoms with Crippen LogP contribution in [0.2, 0.25) is 0 Å². The van der Waals surface area contributed by atoms with E-state index >= 15 is 0 Å². The Kier molecular flexibility index (Phi) is 2.49. The summed E-state index contributed by atoms with van der Waals surface area (Å²) < 4.78 is 2.13. The minimum atomic E-state index is 0.823. The van der Waals surface area contributed by atoms with Crippen LogP contribution in [0.25, 0.3) is 0 Å². The molecule has 3 nitrogen and oxygen atoms in total. The van der Waals surface area contributed by atoms with E-state index in [4.69, 9.17) is 0 Å². The van der Waals surface area contributed by atoms with Gasteiger partial charge in [-0.25, -0.2) is 0 Å². The summed E-state index contributed by atoms with van der Waals surface area (Å²) >= 11 is 0. The molecule has 2 fully saturated rings. The number of hydrogen-bond acceptors (Lipinski definition) is 2. The molecule has 1 saturated carbocycles. The van der Waals surface area contributed by atoms with Gasteiger partial charge in [0.05, 0.1) is 6.20 Å². The average Bonchev–Trinajstić information content (AvgIpc) is 2.47. The summed E-state index contributed by atoms with van der Waals surface area (Å²) in [6, 6.07) is 0. The molecular formula is C12H19N3. The van der Waals surface area contributed by atoms with Crippen molar-refractivity contribution in [3.63, 3.8) is 0 Å². The van der Waals surface area contributed by atoms with E-state index in [2.05, 4.69) is 27.5 Å². The fourth-order valence-corrected chi connectivity index (χ4v) is 2.32. The molecule has 0 bridgehead atoms. The summed E-state index contributed by atoms with van der Waals surface area (Å²) in [4.78, 5) is 0. The van der Waals surface area contributed by atoms with Crippen molar-refractivity contribution < 1.29 is 0 Å². The van der Waals surface area contributed by atoms with Gasteiger partial charge < -0.3 is 5.32 Å². The molecule has 1 saturated heterocycles. The highest BCUT2D eigenvalue weighted by molar-refractivity contribution is 5.13. The summed E-state index contributed by atoms with van der Waals surface area (Å²) in [5.41, 5.74) is 1.47. The van der Waals surface area contributed by atoms with Crippen LogP contribution in [-0.2, 0) is 6.54 Å². The molecular weight excluding hydrogens is 186 g/mol. The summed E-state index contributed by atoms with van der Waals surface area (Å²) in [6.07, 6.45) is 9.76. The van der Waals surface area contributed by atoms with Crippen LogP contribution in [0.4, 0.5) is 0 Å². The molecule has 1 aliphatic heterocycles. The van der Waals surface area contributed by atoms with E-state index in [1.807, 2.05) is 0 Å². The molecule has 3 rings (SSSR count). The van der Waals surface area contributed by atoms with E-state index in [9.17, 15) is 0 Å². The quantitative estimate of drug-likeness (QED) is 0.811. The zero-order valence-corrected chi connectivity index (χ0v) is 9.15. The molecule has 0 amide bonds. The largest absolute Gasteiger partial charge is 0.316 e. The maximum absolute atomic E-state index is 4.45. The van der Waals surface area contributed by atoms with E-state index in [-0.39, 0.29) is 0 Å². The second-order valence-electron chi connectivity index (χ2n) is 4.98. The molecule has 3 heteroatoms. The predicted octanol–water partition coefficient (Wildman–Crippen LogP) is 1.76. The lowest BCUT2D eigenvalue weighted by molar-refractivity contribution is 0.307. The number of nitrogens with zero attached hydrogens (tertiary/aromatic N) is 2. The number of aryl methyl sites for hydroxylation is 1. The van der Waals surface area contributed by atoms with Gasteiger partial charge in [-0.1, -0.05) is 6.42 Å². The molecule has 2 aliphatic rings. The first-order valence-electron chi connectivity index (χ1n) is 6.15. The predicted molar refractivity (Wildman–Crippen MR) is 59.8 cm³/mol. The fourth-order valence-electron chi connectivity index (χ4n) is 2.32. The Morgan fingerprint density at radius 3 is 2.87 bits per heavy atom. The molecule has 82 valence electrons. The molecule has 1 aromatic rings. The van der Waals surface area contributed by atoms with Crippen LogP contribution in [0.5, 0.6) is 0 Å². The van der Waals surface area contributed by atoms with Crippen LogP contribution in [0.1, 0.15) is 37.2 Å². The lowest BCUT2D eigenvalue weighted by atomic mass is 9.81. The Morgan fingerprint density at radius 2 is 2.27 bits per heavy atom.